The van der Waals surface area contributed by atoms with Gasteiger partial charge in [-0.15, -0.1) is 11.3 Å². The molecule has 0 aliphatic heterocycles. The van der Waals surface area contributed by atoms with Crippen LogP contribution in [0.2, 0.25) is 0 Å². The van der Waals surface area contributed by atoms with Crippen molar-refractivity contribution in [2.45, 2.75) is 20.8 Å². The van der Waals surface area contributed by atoms with Crippen LogP contribution in [0.5, 0.6) is 0 Å². The Labute approximate surface area is 205 Å². The summed E-state index contributed by atoms with van der Waals surface area (Å²) in [5, 5.41) is 10.5. The molecule has 5 aromatic rings. The van der Waals surface area contributed by atoms with Gasteiger partial charge in [0.2, 0.25) is 0 Å². The molecule has 7 nitrogen and oxygen atoms in total. The molecule has 0 spiro atoms. The fourth-order valence-corrected chi connectivity index (χ4v) is 4.68. The molecule has 0 saturated heterocycles. The standard InChI is InChI=1S/C27H22N4O3S/c1-15-12-13-23(35-15)22-14-19(24-17(3)31-34-27(24)30-22)26(33)29-21-11-7-10-20(16(21)2)28-25(32)18-8-5-4-6-9-18/h4-14H,1-3H3,(H,28,32)(H,29,33). The molecule has 35 heavy (non-hydrogen) atoms. The van der Waals surface area contributed by atoms with Crippen LogP contribution >= 0.6 is 11.3 Å². The average molecular weight is 483 g/mol. The van der Waals surface area contributed by atoms with Crippen molar-refractivity contribution in [1.82, 2.24) is 10.1 Å². The summed E-state index contributed by atoms with van der Waals surface area (Å²) in [5.74, 6) is -0.531. The minimum atomic E-state index is -0.312. The van der Waals surface area contributed by atoms with Gasteiger partial charge in [0.1, 0.15) is 0 Å². The van der Waals surface area contributed by atoms with Crippen LogP contribution in [-0.2, 0) is 0 Å². The van der Waals surface area contributed by atoms with Crippen molar-refractivity contribution in [3.63, 3.8) is 0 Å². The number of fused-ring (bicyclic) bond motifs is 1. The van der Waals surface area contributed by atoms with E-state index in [0.29, 0.717) is 45.0 Å². The Kier molecular flexibility index (Phi) is 5.88. The third-order valence-corrected chi connectivity index (χ3v) is 6.74. The molecular weight excluding hydrogens is 460 g/mol. The molecule has 0 fully saturated rings. The van der Waals surface area contributed by atoms with Gasteiger partial charge in [0.25, 0.3) is 17.5 Å². The molecule has 0 unspecified atom stereocenters. The fraction of sp³-hybridized carbons (Fsp3) is 0.111. The minimum Gasteiger partial charge on any atom is -0.335 e. The van der Waals surface area contributed by atoms with Gasteiger partial charge in [-0.25, -0.2) is 4.98 Å². The molecule has 0 aliphatic carbocycles. The Morgan fingerprint density at radius 3 is 2.26 bits per heavy atom. The number of carbonyl (C=O) groups is 2. The van der Waals surface area contributed by atoms with Crippen molar-refractivity contribution in [1.29, 1.82) is 0 Å². The highest BCUT2D eigenvalue weighted by Gasteiger charge is 2.21. The van der Waals surface area contributed by atoms with Crippen LogP contribution in [0.15, 0.2) is 71.3 Å². The van der Waals surface area contributed by atoms with Crippen molar-refractivity contribution in [3.05, 3.63) is 94.0 Å². The number of aromatic nitrogens is 2. The lowest BCUT2D eigenvalue weighted by atomic mass is 10.1. The smallest absolute Gasteiger partial charge is 0.259 e. The van der Waals surface area contributed by atoms with Gasteiger partial charge in [-0.3, -0.25) is 9.59 Å². The first-order valence-electron chi connectivity index (χ1n) is 11.0. The molecule has 0 atom stereocenters. The van der Waals surface area contributed by atoms with Gasteiger partial charge in [0.15, 0.2) is 0 Å². The summed E-state index contributed by atoms with van der Waals surface area (Å²) >= 11 is 1.59. The zero-order chi connectivity index (χ0) is 24.5. The average Bonchev–Trinajstić information content (AvgIpc) is 3.47. The number of pyridine rings is 1. The molecule has 3 aromatic heterocycles. The number of benzene rings is 2. The predicted molar refractivity (Wildman–Crippen MR) is 138 cm³/mol. The van der Waals surface area contributed by atoms with E-state index in [1.54, 1.807) is 54.7 Å². The summed E-state index contributed by atoms with van der Waals surface area (Å²) in [6.45, 7) is 5.65. The van der Waals surface area contributed by atoms with Gasteiger partial charge >= 0.3 is 0 Å². The maximum Gasteiger partial charge on any atom is 0.259 e. The quantitative estimate of drug-likeness (QED) is 0.303. The zero-order valence-corrected chi connectivity index (χ0v) is 20.2. The largest absolute Gasteiger partial charge is 0.335 e. The number of anilines is 2. The van der Waals surface area contributed by atoms with E-state index in [0.717, 1.165) is 15.3 Å². The number of nitrogens with zero attached hydrogens (tertiary/aromatic N) is 2. The Morgan fingerprint density at radius 2 is 1.57 bits per heavy atom. The summed E-state index contributed by atoms with van der Waals surface area (Å²) < 4.78 is 5.40. The maximum absolute atomic E-state index is 13.5. The maximum atomic E-state index is 13.5. The van der Waals surface area contributed by atoms with Crippen LogP contribution in [0.25, 0.3) is 21.7 Å². The van der Waals surface area contributed by atoms with Crippen LogP contribution in [0.4, 0.5) is 11.4 Å². The van der Waals surface area contributed by atoms with E-state index in [2.05, 4.69) is 20.8 Å². The molecule has 3 heterocycles. The monoisotopic (exact) mass is 482 g/mol. The van der Waals surface area contributed by atoms with E-state index >= 15 is 0 Å². The van der Waals surface area contributed by atoms with E-state index in [1.165, 1.54) is 0 Å². The van der Waals surface area contributed by atoms with Crippen molar-refractivity contribution < 1.29 is 14.1 Å². The zero-order valence-electron chi connectivity index (χ0n) is 19.4. The number of rotatable bonds is 5. The Hall–Kier alpha value is -4.30. The highest BCUT2D eigenvalue weighted by molar-refractivity contribution is 7.15. The summed E-state index contributed by atoms with van der Waals surface area (Å²) in [6, 6.07) is 20.1. The van der Waals surface area contributed by atoms with Gasteiger partial charge in [-0.1, -0.05) is 29.4 Å². The van der Waals surface area contributed by atoms with Gasteiger partial charge in [0.05, 0.1) is 27.2 Å². The predicted octanol–water partition coefficient (Wildman–Crippen LogP) is 6.38. The van der Waals surface area contributed by atoms with Crippen molar-refractivity contribution >= 4 is 45.6 Å². The number of hydrogen-bond acceptors (Lipinski definition) is 6. The van der Waals surface area contributed by atoms with E-state index in [1.807, 2.05) is 44.2 Å². The van der Waals surface area contributed by atoms with Gasteiger partial charge < -0.3 is 15.2 Å². The third kappa shape index (κ3) is 4.43. The van der Waals surface area contributed by atoms with Crippen molar-refractivity contribution in [2.24, 2.45) is 0 Å². The molecule has 8 heteroatoms. The first-order chi connectivity index (χ1) is 16.9. The second-order valence-electron chi connectivity index (χ2n) is 8.17. The van der Waals surface area contributed by atoms with Gasteiger partial charge in [0, 0.05) is 21.8 Å². The Balaban J connectivity index is 1.47. The fourth-order valence-electron chi connectivity index (χ4n) is 3.85. The molecule has 5 rings (SSSR count). The first kappa shape index (κ1) is 22.5. The lowest BCUT2D eigenvalue weighted by Crippen LogP contribution is -2.16. The van der Waals surface area contributed by atoms with E-state index in [-0.39, 0.29) is 11.8 Å². The van der Waals surface area contributed by atoms with Crippen LogP contribution < -0.4 is 10.6 Å². The van der Waals surface area contributed by atoms with E-state index < -0.39 is 0 Å². The van der Waals surface area contributed by atoms with Gasteiger partial charge in [-0.2, -0.15) is 0 Å². The number of nitrogens with one attached hydrogen (secondary N) is 2. The summed E-state index contributed by atoms with van der Waals surface area (Å²) in [7, 11) is 0. The topological polar surface area (TPSA) is 97.1 Å². The number of thiophene rings is 1. The molecule has 2 amide bonds. The summed E-state index contributed by atoms with van der Waals surface area (Å²) in [5.41, 5.74) is 4.49. The summed E-state index contributed by atoms with van der Waals surface area (Å²) in [4.78, 5) is 32.8. The molecule has 2 N–H and O–H groups in total. The molecule has 0 bridgehead atoms. The molecular formula is C27H22N4O3S. The van der Waals surface area contributed by atoms with Crippen LogP contribution in [-0.4, -0.2) is 22.0 Å². The van der Waals surface area contributed by atoms with Gasteiger partial charge in [-0.05, 0) is 68.8 Å². The van der Waals surface area contributed by atoms with Crippen LogP contribution in [0.1, 0.15) is 36.9 Å². The number of aryl methyl sites for hydroxylation is 2. The van der Waals surface area contributed by atoms with Crippen LogP contribution in [0.3, 0.4) is 0 Å². The summed E-state index contributed by atoms with van der Waals surface area (Å²) in [6.07, 6.45) is 0. The highest BCUT2D eigenvalue weighted by Crippen LogP contribution is 2.32. The normalized spacial score (nSPS) is 10.9. The second kappa shape index (κ2) is 9.15. The SMILES string of the molecule is Cc1ccc(-c2cc(C(=O)Nc3cccc(NC(=O)c4ccccc4)c3C)c3c(C)noc3n2)s1. The number of carbonyl (C=O) groups excluding carboxylic acids is 2. The number of amides is 2. The molecule has 0 aliphatic rings. The molecule has 174 valence electrons. The van der Waals surface area contributed by atoms with Crippen molar-refractivity contribution in [3.8, 4) is 10.6 Å². The lowest BCUT2D eigenvalue weighted by Gasteiger charge is -2.14. The molecule has 0 saturated carbocycles. The molecule has 0 radical (unpaired) electrons. The highest BCUT2D eigenvalue weighted by atomic mass is 32.1. The van der Waals surface area contributed by atoms with E-state index in [9.17, 15) is 9.59 Å². The Morgan fingerprint density at radius 1 is 0.857 bits per heavy atom. The number of hydrogen-bond donors (Lipinski definition) is 2. The Bertz CT molecular complexity index is 1570. The molecule has 2 aromatic carbocycles. The third-order valence-electron chi connectivity index (χ3n) is 5.72. The van der Waals surface area contributed by atoms with Crippen molar-refractivity contribution in [2.75, 3.05) is 10.6 Å². The second-order valence-corrected chi connectivity index (χ2v) is 9.45. The first-order valence-corrected chi connectivity index (χ1v) is 11.8. The lowest BCUT2D eigenvalue weighted by molar-refractivity contribution is 0.102. The van der Waals surface area contributed by atoms with Crippen LogP contribution in [0, 0.1) is 20.8 Å². The van der Waals surface area contributed by atoms with E-state index in [4.69, 9.17) is 4.52 Å². The minimum absolute atomic E-state index is 0.219.